The first-order valence-electron chi connectivity index (χ1n) is 9.68. The molecule has 0 fully saturated rings. The fourth-order valence-electron chi connectivity index (χ4n) is 3.48. The Morgan fingerprint density at radius 1 is 0.455 bits per heavy atom. The van der Waals surface area contributed by atoms with Gasteiger partial charge in [-0.25, -0.2) is 0 Å². The zero-order valence-corrected chi connectivity index (χ0v) is 14.4. The van der Waals surface area contributed by atoms with Gasteiger partial charge in [0.1, 0.15) is 0 Å². The van der Waals surface area contributed by atoms with Gasteiger partial charge in [-0.05, 0) is 62.5 Å². The highest BCUT2D eigenvalue weighted by atomic mass is 14.1. The van der Waals surface area contributed by atoms with E-state index in [1.54, 1.807) is 11.1 Å². The van der Waals surface area contributed by atoms with Crippen LogP contribution >= 0.6 is 0 Å². The van der Waals surface area contributed by atoms with Gasteiger partial charge in [-0.3, -0.25) is 0 Å². The van der Waals surface area contributed by atoms with Crippen LogP contribution in [0.15, 0.2) is 47.6 Å². The van der Waals surface area contributed by atoms with Crippen LogP contribution in [0.5, 0.6) is 0 Å². The van der Waals surface area contributed by atoms with E-state index >= 15 is 0 Å². The SMILES string of the molecule is C1=C/CCCCCCCC(/C2=C/C=C\CCCCCCC2)=C\1. The molecule has 0 bridgehead atoms. The average molecular weight is 299 g/mol. The lowest BCUT2D eigenvalue weighted by atomic mass is 9.94. The van der Waals surface area contributed by atoms with Crippen molar-refractivity contribution >= 4 is 0 Å². The molecule has 0 N–H and O–H groups in total. The summed E-state index contributed by atoms with van der Waals surface area (Å²) in [5.74, 6) is 0. The molecule has 0 saturated carbocycles. The molecule has 122 valence electrons. The largest absolute Gasteiger partial charge is 0.0845 e. The first-order valence-corrected chi connectivity index (χ1v) is 9.68. The molecule has 0 aromatic heterocycles. The van der Waals surface area contributed by atoms with Crippen LogP contribution in [0.25, 0.3) is 0 Å². The van der Waals surface area contributed by atoms with E-state index in [9.17, 15) is 0 Å². The van der Waals surface area contributed by atoms with Crippen LogP contribution in [-0.4, -0.2) is 0 Å². The van der Waals surface area contributed by atoms with Gasteiger partial charge in [-0.2, -0.15) is 0 Å². The van der Waals surface area contributed by atoms with Crippen molar-refractivity contribution in [2.45, 2.75) is 89.9 Å². The molecule has 0 saturated heterocycles. The average Bonchev–Trinajstić information content (AvgIpc) is 2.64. The maximum Gasteiger partial charge on any atom is -0.0276 e. The summed E-state index contributed by atoms with van der Waals surface area (Å²) in [6.45, 7) is 0. The van der Waals surface area contributed by atoms with E-state index in [0.29, 0.717) is 0 Å². The summed E-state index contributed by atoms with van der Waals surface area (Å²) in [5, 5.41) is 0. The van der Waals surface area contributed by atoms with Crippen molar-refractivity contribution in [1.29, 1.82) is 0 Å². The Labute approximate surface area is 138 Å². The second kappa shape index (κ2) is 11.5. The highest BCUT2D eigenvalue weighted by molar-refractivity contribution is 5.36. The van der Waals surface area contributed by atoms with Crippen molar-refractivity contribution in [3.63, 3.8) is 0 Å². The third kappa shape index (κ3) is 7.29. The second-order valence-corrected chi connectivity index (χ2v) is 6.85. The van der Waals surface area contributed by atoms with Crippen molar-refractivity contribution in [2.75, 3.05) is 0 Å². The zero-order chi connectivity index (χ0) is 15.3. The molecule has 0 spiro atoms. The Hall–Kier alpha value is -1.04. The number of hydrogen-bond donors (Lipinski definition) is 0. The van der Waals surface area contributed by atoms with E-state index in [4.69, 9.17) is 0 Å². The van der Waals surface area contributed by atoms with Crippen molar-refractivity contribution < 1.29 is 0 Å². The van der Waals surface area contributed by atoms with Gasteiger partial charge in [0, 0.05) is 0 Å². The summed E-state index contributed by atoms with van der Waals surface area (Å²) in [6.07, 6.45) is 33.1. The second-order valence-electron chi connectivity index (χ2n) is 6.85. The molecule has 0 atom stereocenters. The molecule has 22 heavy (non-hydrogen) atoms. The van der Waals surface area contributed by atoms with Gasteiger partial charge in [-0.15, -0.1) is 0 Å². The maximum absolute atomic E-state index is 2.41. The standard InChI is InChI=1S/C22H34/c1-2-6-10-14-18-21(17-13-9-5-1)22-19-15-11-7-3-4-8-12-16-20-22/h9,11,13,15,17,19H,1-8,10,12,14,16,18,20H2/b13-9-,15-11-,21-17+,22-19+. The van der Waals surface area contributed by atoms with E-state index in [1.165, 1.54) is 89.9 Å². The minimum Gasteiger partial charge on any atom is -0.0845 e. The molecule has 0 unspecified atom stereocenters. The molecule has 0 radical (unpaired) electrons. The van der Waals surface area contributed by atoms with Gasteiger partial charge >= 0.3 is 0 Å². The monoisotopic (exact) mass is 298 g/mol. The fraction of sp³-hybridized carbons (Fsp3) is 0.636. The molecule has 0 heteroatoms. The third-order valence-electron chi connectivity index (χ3n) is 4.91. The van der Waals surface area contributed by atoms with Gasteiger partial charge in [0.2, 0.25) is 0 Å². The van der Waals surface area contributed by atoms with Crippen LogP contribution in [-0.2, 0) is 0 Å². The normalized spacial score (nSPS) is 30.5. The lowest BCUT2D eigenvalue weighted by molar-refractivity contribution is 0.608. The minimum absolute atomic E-state index is 1.25. The Kier molecular flexibility index (Phi) is 9.07. The molecule has 0 aromatic carbocycles. The summed E-state index contributed by atoms with van der Waals surface area (Å²) < 4.78 is 0. The molecule has 2 aliphatic carbocycles. The van der Waals surface area contributed by atoms with Gasteiger partial charge in [0.25, 0.3) is 0 Å². The van der Waals surface area contributed by atoms with Crippen molar-refractivity contribution in [1.82, 2.24) is 0 Å². The zero-order valence-electron chi connectivity index (χ0n) is 14.4. The predicted molar refractivity (Wildman–Crippen MR) is 99.1 cm³/mol. The third-order valence-corrected chi connectivity index (χ3v) is 4.91. The van der Waals surface area contributed by atoms with E-state index < -0.39 is 0 Å². The smallest absolute Gasteiger partial charge is 0.0276 e. The lowest BCUT2D eigenvalue weighted by Gasteiger charge is -2.12. The first kappa shape index (κ1) is 17.3. The highest BCUT2D eigenvalue weighted by Crippen LogP contribution is 2.25. The van der Waals surface area contributed by atoms with Crippen LogP contribution in [0.2, 0.25) is 0 Å². The summed E-state index contributed by atoms with van der Waals surface area (Å²) in [4.78, 5) is 0. The van der Waals surface area contributed by atoms with Crippen LogP contribution in [0.4, 0.5) is 0 Å². The molecule has 0 amide bonds. The Bertz CT molecular complexity index is 366. The van der Waals surface area contributed by atoms with Gasteiger partial charge in [-0.1, -0.05) is 75.0 Å². The summed E-state index contributed by atoms with van der Waals surface area (Å²) >= 11 is 0. The molecule has 0 aromatic rings. The number of hydrogen-bond acceptors (Lipinski definition) is 0. The van der Waals surface area contributed by atoms with Gasteiger partial charge in [0.05, 0.1) is 0 Å². The molecule has 0 aliphatic heterocycles. The fourth-order valence-corrected chi connectivity index (χ4v) is 3.48. The van der Waals surface area contributed by atoms with E-state index in [-0.39, 0.29) is 0 Å². The van der Waals surface area contributed by atoms with E-state index in [0.717, 1.165) is 0 Å². The quantitative estimate of drug-likeness (QED) is 0.472. The van der Waals surface area contributed by atoms with E-state index in [2.05, 4.69) is 36.5 Å². The van der Waals surface area contributed by atoms with Crippen molar-refractivity contribution in [3.8, 4) is 0 Å². The molecular weight excluding hydrogens is 264 g/mol. The maximum atomic E-state index is 2.41. The molecule has 2 aliphatic rings. The minimum atomic E-state index is 1.25. The Morgan fingerprint density at radius 3 is 1.36 bits per heavy atom. The van der Waals surface area contributed by atoms with Crippen LogP contribution in [0.1, 0.15) is 89.9 Å². The Morgan fingerprint density at radius 2 is 0.864 bits per heavy atom. The Balaban J connectivity index is 2.06. The summed E-state index contributed by atoms with van der Waals surface area (Å²) in [7, 11) is 0. The molecule has 2 rings (SSSR count). The summed E-state index contributed by atoms with van der Waals surface area (Å²) in [6, 6.07) is 0. The van der Waals surface area contributed by atoms with Crippen molar-refractivity contribution in [3.05, 3.63) is 47.6 Å². The van der Waals surface area contributed by atoms with Crippen LogP contribution < -0.4 is 0 Å². The lowest BCUT2D eigenvalue weighted by Crippen LogP contribution is -1.92. The molecular formula is C22H34. The van der Waals surface area contributed by atoms with Gasteiger partial charge in [0.15, 0.2) is 0 Å². The first-order chi connectivity index (χ1) is 11.0. The highest BCUT2D eigenvalue weighted by Gasteiger charge is 2.06. The van der Waals surface area contributed by atoms with Crippen LogP contribution in [0, 0.1) is 0 Å². The number of rotatable bonds is 1. The molecule has 0 nitrogen and oxygen atoms in total. The van der Waals surface area contributed by atoms with Crippen molar-refractivity contribution in [2.24, 2.45) is 0 Å². The van der Waals surface area contributed by atoms with E-state index in [1.807, 2.05) is 0 Å². The predicted octanol–water partition coefficient (Wildman–Crippen LogP) is 7.44. The topological polar surface area (TPSA) is 0 Å². The molecule has 0 heterocycles. The summed E-state index contributed by atoms with van der Waals surface area (Å²) in [5.41, 5.74) is 3.20. The van der Waals surface area contributed by atoms with Crippen LogP contribution in [0.3, 0.4) is 0 Å². The van der Waals surface area contributed by atoms with Gasteiger partial charge < -0.3 is 0 Å². The number of allylic oxidation sites excluding steroid dienone is 8.